The minimum Gasteiger partial charge on any atom is -0.506 e. The molecule has 0 bridgehead atoms. The van der Waals surface area contributed by atoms with Crippen LogP contribution in [0.15, 0.2) is 12.1 Å². The molecule has 1 heterocycles. The van der Waals surface area contributed by atoms with E-state index in [1.807, 2.05) is 6.07 Å². The standard InChI is InChI=1S/C15H22Cl2N2O/c1-3-13-10-18(2)5-4-6-19(13)9-11-7-12(16)8-14(17)15(11)20/h7-8,13,20H,3-6,9-10H2,1-2H3. The third-order valence-corrected chi connectivity index (χ3v) is 4.48. The topological polar surface area (TPSA) is 26.7 Å². The van der Waals surface area contributed by atoms with Crippen LogP contribution in [0.5, 0.6) is 5.75 Å². The Morgan fingerprint density at radius 2 is 2.05 bits per heavy atom. The number of phenols is 1. The Bertz CT molecular complexity index is 467. The highest BCUT2D eigenvalue weighted by atomic mass is 35.5. The van der Waals surface area contributed by atoms with Gasteiger partial charge in [0.05, 0.1) is 5.02 Å². The molecule has 1 atom stereocenters. The van der Waals surface area contributed by atoms with Crippen LogP contribution in [-0.2, 0) is 6.54 Å². The molecule has 0 radical (unpaired) electrons. The molecule has 0 aliphatic carbocycles. The molecule has 1 aliphatic rings. The van der Waals surface area contributed by atoms with Gasteiger partial charge in [0.15, 0.2) is 0 Å². The molecule has 0 aromatic heterocycles. The van der Waals surface area contributed by atoms with Crippen molar-refractivity contribution in [1.29, 1.82) is 0 Å². The smallest absolute Gasteiger partial charge is 0.138 e. The lowest BCUT2D eigenvalue weighted by molar-refractivity contribution is 0.174. The second kappa shape index (κ2) is 6.99. The summed E-state index contributed by atoms with van der Waals surface area (Å²) in [5.41, 5.74) is 0.811. The molecular formula is C15H22Cl2N2O. The fourth-order valence-electron chi connectivity index (χ4n) is 2.85. The summed E-state index contributed by atoms with van der Waals surface area (Å²) in [6, 6.07) is 3.89. The van der Waals surface area contributed by atoms with E-state index in [9.17, 15) is 5.11 Å². The SMILES string of the molecule is CCC1CN(C)CCCN1Cc1cc(Cl)cc(Cl)c1O. The van der Waals surface area contributed by atoms with Crippen molar-refractivity contribution < 1.29 is 5.11 Å². The zero-order valence-electron chi connectivity index (χ0n) is 12.1. The molecule has 1 unspecified atom stereocenters. The molecule has 112 valence electrons. The lowest BCUT2D eigenvalue weighted by Crippen LogP contribution is -2.39. The van der Waals surface area contributed by atoms with Crippen LogP contribution in [0.2, 0.25) is 10.0 Å². The fraction of sp³-hybridized carbons (Fsp3) is 0.600. The Balaban J connectivity index is 2.19. The van der Waals surface area contributed by atoms with Gasteiger partial charge in [0.2, 0.25) is 0 Å². The summed E-state index contributed by atoms with van der Waals surface area (Å²) >= 11 is 12.0. The average molecular weight is 317 g/mol. The van der Waals surface area contributed by atoms with Gasteiger partial charge in [-0.25, -0.2) is 0 Å². The van der Waals surface area contributed by atoms with Gasteiger partial charge in [-0.3, -0.25) is 4.90 Å². The van der Waals surface area contributed by atoms with Crippen molar-refractivity contribution in [3.63, 3.8) is 0 Å². The molecule has 1 N–H and O–H groups in total. The molecule has 1 aromatic carbocycles. The first-order valence-electron chi connectivity index (χ1n) is 7.10. The van der Waals surface area contributed by atoms with Crippen molar-refractivity contribution >= 4 is 23.2 Å². The van der Waals surface area contributed by atoms with Gasteiger partial charge in [0.25, 0.3) is 0 Å². The summed E-state index contributed by atoms with van der Waals surface area (Å²) in [6.07, 6.45) is 2.24. The molecule has 1 fully saturated rings. The zero-order chi connectivity index (χ0) is 14.7. The molecule has 0 amide bonds. The highest BCUT2D eigenvalue weighted by molar-refractivity contribution is 6.35. The number of phenolic OH excluding ortho intramolecular Hbond substituents is 1. The number of benzene rings is 1. The Labute approximate surface area is 131 Å². The summed E-state index contributed by atoms with van der Waals surface area (Å²) < 4.78 is 0. The highest BCUT2D eigenvalue weighted by Gasteiger charge is 2.23. The molecule has 1 aromatic rings. The maximum absolute atomic E-state index is 10.1. The highest BCUT2D eigenvalue weighted by Crippen LogP contribution is 2.32. The molecule has 5 heteroatoms. The van der Waals surface area contributed by atoms with E-state index >= 15 is 0 Å². The second-order valence-corrected chi connectivity index (χ2v) is 6.39. The lowest BCUT2D eigenvalue weighted by atomic mass is 10.1. The third kappa shape index (κ3) is 3.79. The molecule has 3 nitrogen and oxygen atoms in total. The van der Waals surface area contributed by atoms with Gasteiger partial charge in [-0.2, -0.15) is 0 Å². The van der Waals surface area contributed by atoms with E-state index in [-0.39, 0.29) is 5.75 Å². The van der Waals surface area contributed by atoms with Crippen molar-refractivity contribution in [3.05, 3.63) is 27.7 Å². The van der Waals surface area contributed by atoms with Crippen LogP contribution in [0, 0.1) is 0 Å². The van der Waals surface area contributed by atoms with E-state index in [2.05, 4.69) is 23.8 Å². The van der Waals surface area contributed by atoms with Gasteiger partial charge in [0, 0.05) is 36.3 Å². The van der Waals surface area contributed by atoms with Gasteiger partial charge < -0.3 is 10.0 Å². The molecule has 2 rings (SSSR count). The van der Waals surface area contributed by atoms with E-state index in [0.717, 1.165) is 38.0 Å². The normalized spacial score (nSPS) is 21.9. The molecule has 0 saturated carbocycles. The predicted octanol–water partition coefficient (Wildman–Crippen LogP) is 3.62. The summed E-state index contributed by atoms with van der Waals surface area (Å²) in [6.45, 7) is 6.12. The Hall–Kier alpha value is -0.480. The largest absolute Gasteiger partial charge is 0.506 e. The Morgan fingerprint density at radius 3 is 2.75 bits per heavy atom. The van der Waals surface area contributed by atoms with Crippen molar-refractivity contribution in [1.82, 2.24) is 9.80 Å². The molecule has 20 heavy (non-hydrogen) atoms. The number of likely N-dealkylation sites (N-methyl/N-ethyl adjacent to an activating group) is 1. The van der Waals surface area contributed by atoms with Gasteiger partial charge >= 0.3 is 0 Å². The van der Waals surface area contributed by atoms with E-state index in [4.69, 9.17) is 23.2 Å². The van der Waals surface area contributed by atoms with Crippen molar-refractivity contribution in [3.8, 4) is 5.75 Å². The first-order valence-corrected chi connectivity index (χ1v) is 7.86. The zero-order valence-corrected chi connectivity index (χ0v) is 13.6. The van der Waals surface area contributed by atoms with Crippen LogP contribution in [-0.4, -0.2) is 47.6 Å². The second-order valence-electron chi connectivity index (χ2n) is 5.54. The lowest BCUT2D eigenvalue weighted by Gasteiger charge is -2.30. The number of nitrogens with zero attached hydrogens (tertiary/aromatic N) is 2. The van der Waals surface area contributed by atoms with Gasteiger partial charge in [0.1, 0.15) is 5.75 Å². The fourth-order valence-corrected chi connectivity index (χ4v) is 3.38. The van der Waals surface area contributed by atoms with Gasteiger partial charge in [-0.15, -0.1) is 0 Å². The summed E-state index contributed by atoms with van der Waals surface area (Å²) in [5.74, 6) is 0.156. The van der Waals surface area contributed by atoms with Crippen molar-refractivity contribution in [2.24, 2.45) is 0 Å². The minimum absolute atomic E-state index is 0.156. The van der Waals surface area contributed by atoms with Crippen LogP contribution < -0.4 is 0 Å². The number of aromatic hydroxyl groups is 1. The van der Waals surface area contributed by atoms with Crippen molar-refractivity contribution in [2.75, 3.05) is 26.7 Å². The minimum atomic E-state index is 0.156. The van der Waals surface area contributed by atoms with E-state index in [1.54, 1.807) is 6.07 Å². The maximum Gasteiger partial charge on any atom is 0.138 e. The van der Waals surface area contributed by atoms with Gasteiger partial charge in [-0.1, -0.05) is 30.1 Å². The third-order valence-electron chi connectivity index (χ3n) is 3.98. The average Bonchev–Trinajstić information content (AvgIpc) is 2.57. The van der Waals surface area contributed by atoms with Crippen molar-refractivity contribution in [2.45, 2.75) is 32.4 Å². The molecular weight excluding hydrogens is 295 g/mol. The first kappa shape index (κ1) is 15.9. The van der Waals surface area contributed by atoms with Crippen LogP contribution in [0.25, 0.3) is 0 Å². The molecule has 0 spiro atoms. The Morgan fingerprint density at radius 1 is 1.30 bits per heavy atom. The first-order chi connectivity index (χ1) is 9.51. The van der Waals surface area contributed by atoms with E-state index in [0.29, 0.717) is 22.6 Å². The quantitative estimate of drug-likeness (QED) is 0.922. The van der Waals surface area contributed by atoms with Crippen LogP contribution in [0.1, 0.15) is 25.3 Å². The van der Waals surface area contributed by atoms with Crippen LogP contribution >= 0.6 is 23.2 Å². The van der Waals surface area contributed by atoms with E-state index < -0.39 is 0 Å². The monoisotopic (exact) mass is 316 g/mol. The summed E-state index contributed by atoms with van der Waals surface area (Å²) in [7, 11) is 2.17. The number of rotatable bonds is 3. The number of halogens is 2. The Kier molecular flexibility index (Phi) is 5.56. The summed E-state index contributed by atoms with van der Waals surface area (Å²) in [5, 5.41) is 11.0. The number of hydrogen-bond acceptors (Lipinski definition) is 3. The van der Waals surface area contributed by atoms with E-state index in [1.165, 1.54) is 0 Å². The molecule has 1 aliphatic heterocycles. The molecule has 1 saturated heterocycles. The maximum atomic E-state index is 10.1. The van der Waals surface area contributed by atoms with Crippen LogP contribution in [0.4, 0.5) is 0 Å². The van der Waals surface area contributed by atoms with Gasteiger partial charge in [-0.05, 0) is 38.6 Å². The van der Waals surface area contributed by atoms with Crippen LogP contribution in [0.3, 0.4) is 0 Å². The number of hydrogen-bond donors (Lipinski definition) is 1. The summed E-state index contributed by atoms with van der Waals surface area (Å²) in [4.78, 5) is 4.80. The predicted molar refractivity (Wildman–Crippen MR) is 84.7 cm³/mol.